The van der Waals surface area contributed by atoms with Crippen molar-refractivity contribution in [1.29, 1.82) is 0 Å². The number of carbonyl (C=O) groups is 2. The van der Waals surface area contributed by atoms with Crippen LogP contribution < -0.4 is 9.62 Å². The molecule has 186 valence electrons. The highest BCUT2D eigenvalue weighted by Gasteiger charge is 2.29. The van der Waals surface area contributed by atoms with Crippen molar-refractivity contribution < 1.29 is 18.0 Å². The molecule has 8 heteroatoms. The summed E-state index contributed by atoms with van der Waals surface area (Å²) in [5.41, 5.74) is 2.59. The lowest BCUT2D eigenvalue weighted by Crippen LogP contribution is -2.50. The van der Waals surface area contributed by atoms with Crippen molar-refractivity contribution >= 4 is 27.5 Å². The number of hydrogen-bond donors (Lipinski definition) is 1. The zero-order chi connectivity index (χ0) is 25.3. The van der Waals surface area contributed by atoms with Crippen LogP contribution in [0.2, 0.25) is 0 Å². The molecule has 0 aliphatic heterocycles. The van der Waals surface area contributed by atoms with Gasteiger partial charge in [-0.05, 0) is 56.9 Å². The van der Waals surface area contributed by atoms with Crippen LogP contribution in [0.25, 0.3) is 0 Å². The van der Waals surface area contributed by atoms with E-state index in [0.717, 1.165) is 17.4 Å². The lowest BCUT2D eigenvalue weighted by molar-refractivity contribution is -0.141. The number of anilines is 1. The van der Waals surface area contributed by atoms with E-state index in [4.69, 9.17) is 0 Å². The normalized spacial score (nSPS) is 12.3. The smallest absolute Gasteiger partial charge is 0.243 e. The van der Waals surface area contributed by atoms with Crippen LogP contribution in [0.5, 0.6) is 0 Å². The van der Waals surface area contributed by atoms with Gasteiger partial charge in [0.2, 0.25) is 21.8 Å². The molecule has 0 spiro atoms. The van der Waals surface area contributed by atoms with Crippen LogP contribution in [-0.2, 0) is 26.2 Å². The summed E-state index contributed by atoms with van der Waals surface area (Å²) in [6, 6.07) is 16.0. The quantitative estimate of drug-likeness (QED) is 0.492. The van der Waals surface area contributed by atoms with E-state index < -0.39 is 16.1 Å². The van der Waals surface area contributed by atoms with Gasteiger partial charge in [0.25, 0.3) is 0 Å². The second-order valence-corrected chi connectivity index (χ2v) is 10.7. The fraction of sp³-hybridized carbons (Fsp3) is 0.462. The van der Waals surface area contributed by atoms with Crippen molar-refractivity contribution in [3.8, 4) is 0 Å². The maximum atomic E-state index is 13.4. The molecule has 0 aliphatic carbocycles. The summed E-state index contributed by atoms with van der Waals surface area (Å²) >= 11 is 0. The Kier molecular flexibility index (Phi) is 10.1. The van der Waals surface area contributed by atoms with Crippen LogP contribution in [0.1, 0.15) is 51.2 Å². The molecule has 2 amide bonds. The number of aryl methyl sites for hydroxylation is 1. The van der Waals surface area contributed by atoms with Crippen molar-refractivity contribution in [1.82, 2.24) is 10.2 Å². The van der Waals surface area contributed by atoms with Gasteiger partial charge < -0.3 is 10.2 Å². The zero-order valence-corrected chi connectivity index (χ0v) is 21.6. The molecule has 1 N–H and O–H groups in total. The van der Waals surface area contributed by atoms with Crippen molar-refractivity contribution in [2.45, 2.75) is 65.6 Å². The van der Waals surface area contributed by atoms with E-state index in [9.17, 15) is 18.0 Å². The fourth-order valence-electron chi connectivity index (χ4n) is 3.87. The zero-order valence-electron chi connectivity index (χ0n) is 20.8. The Bertz CT molecular complexity index is 1050. The molecule has 0 aromatic heterocycles. The van der Waals surface area contributed by atoms with E-state index in [1.807, 2.05) is 58.0 Å². The molecular weight excluding hydrogens is 450 g/mol. The van der Waals surface area contributed by atoms with Gasteiger partial charge >= 0.3 is 0 Å². The van der Waals surface area contributed by atoms with Crippen molar-refractivity contribution in [3.05, 3.63) is 65.7 Å². The molecule has 7 nitrogen and oxygen atoms in total. The van der Waals surface area contributed by atoms with Crippen LogP contribution >= 0.6 is 0 Å². The molecule has 0 fully saturated rings. The predicted octanol–water partition coefficient (Wildman–Crippen LogP) is 3.87. The van der Waals surface area contributed by atoms with Crippen LogP contribution in [0, 0.1) is 6.92 Å². The third kappa shape index (κ3) is 7.87. The van der Waals surface area contributed by atoms with E-state index in [0.29, 0.717) is 25.1 Å². The van der Waals surface area contributed by atoms with Crippen LogP contribution in [0.15, 0.2) is 54.6 Å². The Balaban J connectivity index is 2.21. The van der Waals surface area contributed by atoms with Gasteiger partial charge in [0.15, 0.2) is 0 Å². The van der Waals surface area contributed by atoms with Gasteiger partial charge in [-0.2, -0.15) is 0 Å². The standard InChI is InChI=1S/C26H37N3O4S/c1-6-24(26(31)27-20(2)3)28(19-22-14-11-10-13-21(22)4)25(30)17-12-18-29(34(5,32)33)23-15-8-7-9-16-23/h7-11,13-16,20,24H,6,12,17-19H2,1-5H3,(H,27,31). The maximum Gasteiger partial charge on any atom is 0.243 e. The number of rotatable bonds is 12. The molecule has 1 unspecified atom stereocenters. The van der Waals surface area contributed by atoms with E-state index in [2.05, 4.69) is 5.32 Å². The number of carbonyl (C=O) groups excluding carboxylic acids is 2. The Morgan fingerprint density at radius 3 is 2.18 bits per heavy atom. The van der Waals surface area contributed by atoms with Gasteiger partial charge in [-0.1, -0.05) is 49.4 Å². The molecule has 0 heterocycles. The molecule has 0 radical (unpaired) electrons. The van der Waals surface area contributed by atoms with E-state index >= 15 is 0 Å². The molecule has 2 aromatic carbocycles. The molecule has 0 aliphatic rings. The van der Waals surface area contributed by atoms with E-state index in [-0.39, 0.29) is 30.8 Å². The summed E-state index contributed by atoms with van der Waals surface area (Å²) in [6.45, 7) is 8.16. The minimum Gasteiger partial charge on any atom is -0.352 e. The number of nitrogens with zero attached hydrogens (tertiary/aromatic N) is 2. The monoisotopic (exact) mass is 487 g/mol. The fourth-order valence-corrected chi connectivity index (χ4v) is 4.83. The molecule has 2 aromatic rings. The van der Waals surface area contributed by atoms with Gasteiger partial charge in [-0.25, -0.2) is 8.42 Å². The highest BCUT2D eigenvalue weighted by atomic mass is 32.2. The van der Waals surface area contributed by atoms with Crippen molar-refractivity contribution in [2.24, 2.45) is 0 Å². The lowest BCUT2D eigenvalue weighted by Gasteiger charge is -2.32. The average Bonchev–Trinajstić information content (AvgIpc) is 2.77. The first-order valence-corrected chi connectivity index (χ1v) is 13.6. The number of benzene rings is 2. The number of hydrogen-bond acceptors (Lipinski definition) is 4. The maximum absolute atomic E-state index is 13.4. The molecule has 0 bridgehead atoms. The average molecular weight is 488 g/mol. The van der Waals surface area contributed by atoms with Crippen LogP contribution in [-0.4, -0.2) is 50.0 Å². The largest absolute Gasteiger partial charge is 0.352 e. The highest BCUT2D eigenvalue weighted by molar-refractivity contribution is 7.92. The molecular formula is C26H37N3O4S. The third-order valence-electron chi connectivity index (χ3n) is 5.62. The second kappa shape index (κ2) is 12.6. The minimum atomic E-state index is -3.49. The predicted molar refractivity (Wildman–Crippen MR) is 137 cm³/mol. The lowest BCUT2D eigenvalue weighted by atomic mass is 10.0. The van der Waals surface area contributed by atoms with Gasteiger partial charge in [0.05, 0.1) is 11.9 Å². The first-order chi connectivity index (χ1) is 16.0. The summed E-state index contributed by atoms with van der Waals surface area (Å²) in [7, 11) is -3.49. The first kappa shape index (κ1) is 27.4. The van der Waals surface area contributed by atoms with Crippen LogP contribution in [0.4, 0.5) is 5.69 Å². The Hall–Kier alpha value is -2.87. The van der Waals surface area contributed by atoms with Crippen molar-refractivity contribution in [2.75, 3.05) is 17.1 Å². The summed E-state index contributed by atoms with van der Waals surface area (Å²) in [6.07, 6.45) is 2.12. The third-order valence-corrected chi connectivity index (χ3v) is 6.81. The Labute approximate surface area is 204 Å². The molecule has 1 atom stereocenters. The van der Waals surface area contributed by atoms with Gasteiger partial charge in [0, 0.05) is 25.6 Å². The van der Waals surface area contributed by atoms with Crippen LogP contribution in [0.3, 0.4) is 0 Å². The Morgan fingerprint density at radius 1 is 1.00 bits per heavy atom. The number of sulfonamides is 1. The van der Waals surface area contributed by atoms with E-state index in [1.165, 1.54) is 4.31 Å². The molecule has 34 heavy (non-hydrogen) atoms. The molecule has 0 saturated carbocycles. The molecule has 0 saturated heterocycles. The minimum absolute atomic E-state index is 0.0360. The first-order valence-electron chi connectivity index (χ1n) is 11.7. The highest BCUT2D eigenvalue weighted by Crippen LogP contribution is 2.20. The van der Waals surface area contributed by atoms with Crippen molar-refractivity contribution in [3.63, 3.8) is 0 Å². The van der Waals surface area contributed by atoms with Gasteiger partial charge in [-0.3, -0.25) is 13.9 Å². The number of para-hydroxylation sites is 1. The van der Waals surface area contributed by atoms with Gasteiger partial charge in [0.1, 0.15) is 6.04 Å². The number of nitrogens with one attached hydrogen (secondary N) is 1. The Morgan fingerprint density at radius 2 is 1.62 bits per heavy atom. The summed E-state index contributed by atoms with van der Waals surface area (Å²) in [5, 5.41) is 2.92. The molecule has 2 rings (SSSR count). The SMILES string of the molecule is CCC(C(=O)NC(C)C)N(Cc1ccccc1C)C(=O)CCCN(c1ccccc1)S(C)(=O)=O. The topological polar surface area (TPSA) is 86.8 Å². The summed E-state index contributed by atoms with van der Waals surface area (Å²) < 4.78 is 26.0. The summed E-state index contributed by atoms with van der Waals surface area (Å²) in [5.74, 6) is -0.350. The van der Waals surface area contributed by atoms with E-state index in [1.54, 1.807) is 29.2 Å². The van der Waals surface area contributed by atoms with Gasteiger partial charge in [-0.15, -0.1) is 0 Å². The number of amides is 2. The summed E-state index contributed by atoms with van der Waals surface area (Å²) in [4.78, 5) is 27.9. The second-order valence-electron chi connectivity index (χ2n) is 8.81.